The molecule has 0 unspecified atom stereocenters. The van der Waals surface area contributed by atoms with Gasteiger partial charge >= 0.3 is 0 Å². The van der Waals surface area contributed by atoms with Crippen molar-refractivity contribution in [2.75, 3.05) is 5.32 Å². The highest BCUT2D eigenvalue weighted by Crippen LogP contribution is 2.24. The van der Waals surface area contributed by atoms with Gasteiger partial charge in [0, 0.05) is 24.2 Å². The van der Waals surface area contributed by atoms with E-state index in [1.165, 1.54) is 11.2 Å². The van der Waals surface area contributed by atoms with Crippen molar-refractivity contribution in [3.05, 3.63) is 66.2 Å². The van der Waals surface area contributed by atoms with E-state index in [9.17, 15) is 4.79 Å². The molecule has 0 atom stereocenters. The van der Waals surface area contributed by atoms with E-state index in [-0.39, 0.29) is 19.1 Å². The molecule has 33 heavy (non-hydrogen) atoms. The van der Waals surface area contributed by atoms with Gasteiger partial charge in [-0.2, -0.15) is 4.80 Å². The molecule has 1 aliphatic rings. The van der Waals surface area contributed by atoms with Crippen LogP contribution in [0.1, 0.15) is 30.9 Å². The number of anilines is 1. The highest BCUT2D eigenvalue weighted by Gasteiger charge is 2.16. The number of ether oxygens (including phenoxy) is 1. The predicted molar refractivity (Wildman–Crippen MR) is 120 cm³/mol. The molecule has 10 nitrogen and oxygen atoms in total. The van der Waals surface area contributed by atoms with Crippen LogP contribution in [0.25, 0.3) is 11.4 Å². The third kappa shape index (κ3) is 5.05. The first-order valence-electron chi connectivity index (χ1n) is 11.0. The van der Waals surface area contributed by atoms with Crippen molar-refractivity contribution in [2.24, 2.45) is 0 Å². The number of aromatic nitrogens is 7. The van der Waals surface area contributed by atoms with Crippen molar-refractivity contribution in [2.45, 2.75) is 45.4 Å². The van der Waals surface area contributed by atoms with Crippen LogP contribution in [0.2, 0.25) is 0 Å². The zero-order chi connectivity index (χ0) is 22.5. The zero-order valence-electron chi connectivity index (χ0n) is 18.1. The Balaban J connectivity index is 1.21. The van der Waals surface area contributed by atoms with Crippen molar-refractivity contribution in [3.8, 4) is 17.1 Å². The molecular weight excluding hydrogens is 420 g/mol. The van der Waals surface area contributed by atoms with Crippen LogP contribution in [0.4, 0.5) is 5.69 Å². The summed E-state index contributed by atoms with van der Waals surface area (Å²) in [5.74, 6) is 2.74. The number of amides is 1. The fourth-order valence-electron chi connectivity index (χ4n) is 3.83. The second kappa shape index (κ2) is 9.60. The number of nitrogens with one attached hydrogen (secondary N) is 1. The van der Waals surface area contributed by atoms with E-state index in [1.807, 2.05) is 54.6 Å². The Hall–Kier alpha value is -4.08. The first-order chi connectivity index (χ1) is 16.2. The van der Waals surface area contributed by atoms with Gasteiger partial charge in [-0.3, -0.25) is 4.79 Å². The zero-order valence-corrected chi connectivity index (χ0v) is 18.1. The van der Waals surface area contributed by atoms with Crippen LogP contribution in [-0.2, 0) is 30.9 Å². The largest absolute Gasteiger partial charge is 0.485 e. The lowest BCUT2D eigenvalue weighted by Crippen LogP contribution is -2.20. The molecule has 2 aromatic carbocycles. The fraction of sp³-hybridized carbons (Fsp3) is 0.304. The third-order valence-electron chi connectivity index (χ3n) is 5.40. The van der Waals surface area contributed by atoms with Crippen LogP contribution in [0, 0.1) is 0 Å². The summed E-state index contributed by atoms with van der Waals surface area (Å²) in [6, 6.07) is 17.0. The van der Waals surface area contributed by atoms with Crippen molar-refractivity contribution in [1.82, 2.24) is 35.0 Å². The van der Waals surface area contributed by atoms with Gasteiger partial charge in [0.05, 0.1) is 0 Å². The summed E-state index contributed by atoms with van der Waals surface area (Å²) >= 11 is 0. The number of hydrogen-bond donors (Lipinski definition) is 1. The molecule has 2 aromatic heterocycles. The van der Waals surface area contributed by atoms with Gasteiger partial charge in [-0.1, -0.05) is 36.8 Å². The molecule has 0 saturated carbocycles. The van der Waals surface area contributed by atoms with Gasteiger partial charge in [-0.05, 0) is 42.3 Å². The van der Waals surface area contributed by atoms with Gasteiger partial charge < -0.3 is 14.6 Å². The molecule has 3 heterocycles. The molecular formula is C23H24N8O2. The molecule has 0 saturated heterocycles. The number of carbonyl (C=O) groups excluding carboxylic acids is 1. The number of carbonyl (C=O) groups is 1. The summed E-state index contributed by atoms with van der Waals surface area (Å²) in [4.78, 5) is 13.8. The van der Waals surface area contributed by atoms with E-state index in [0.717, 1.165) is 48.8 Å². The van der Waals surface area contributed by atoms with Crippen LogP contribution in [0.15, 0.2) is 54.6 Å². The minimum absolute atomic E-state index is 0.0527. The van der Waals surface area contributed by atoms with E-state index < -0.39 is 0 Å². The second-order valence-corrected chi connectivity index (χ2v) is 7.87. The lowest BCUT2D eigenvalue weighted by atomic mass is 10.2. The third-order valence-corrected chi connectivity index (χ3v) is 5.40. The molecule has 1 N–H and O–H groups in total. The maximum Gasteiger partial charge on any atom is 0.248 e. The maximum atomic E-state index is 12.5. The number of tetrazole rings is 1. The second-order valence-electron chi connectivity index (χ2n) is 7.87. The summed E-state index contributed by atoms with van der Waals surface area (Å²) in [5, 5.41) is 23.8. The summed E-state index contributed by atoms with van der Waals surface area (Å²) in [6.07, 6.45) is 4.42. The number of aryl methyl sites for hydroxylation is 1. The summed E-state index contributed by atoms with van der Waals surface area (Å²) in [6.45, 7) is 1.04. The van der Waals surface area contributed by atoms with Crippen LogP contribution in [-0.4, -0.2) is 40.9 Å². The van der Waals surface area contributed by atoms with E-state index in [4.69, 9.17) is 4.74 Å². The molecule has 0 bridgehead atoms. The SMILES string of the molecule is O=C(Cn1nnc(COc2ccccc2)n1)Nc1cccc(-c2nnc3n2CCCCC3)c1. The quantitative estimate of drug-likeness (QED) is 0.466. The van der Waals surface area contributed by atoms with E-state index in [0.29, 0.717) is 11.5 Å². The first kappa shape index (κ1) is 20.8. The highest BCUT2D eigenvalue weighted by atomic mass is 16.5. The predicted octanol–water partition coefficient (Wildman–Crippen LogP) is 2.88. The number of hydrogen-bond acceptors (Lipinski definition) is 7. The van der Waals surface area contributed by atoms with Crippen LogP contribution >= 0.6 is 0 Å². The van der Waals surface area contributed by atoms with Crippen molar-refractivity contribution in [3.63, 3.8) is 0 Å². The van der Waals surface area contributed by atoms with Gasteiger partial charge in [0.1, 0.15) is 18.1 Å². The van der Waals surface area contributed by atoms with Gasteiger partial charge in [0.15, 0.2) is 12.4 Å². The summed E-state index contributed by atoms with van der Waals surface area (Å²) in [5.41, 5.74) is 1.60. The molecule has 5 rings (SSSR count). The number of benzene rings is 2. The van der Waals surface area contributed by atoms with Gasteiger partial charge in [0.25, 0.3) is 0 Å². The molecule has 10 heteroatoms. The molecule has 0 fully saturated rings. The Bertz CT molecular complexity index is 1230. The monoisotopic (exact) mass is 444 g/mol. The Labute approximate surface area is 190 Å². The molecule has 4 aromatic rings. The normalized spacial score (nSPS) is 13.2. The van der Waals surface area contributed by atoms with Crippen molar-refractivity contribution >= 4 is 11.6 Å². The van der Waals surface area contributed by atoms with Crippen LogP contribution < -0.4 is 10.1 Å². The van der Waals surface area contributed by atoms with Crippen LogP contribution in [0.5, 0.6) is 5.75 Å². The van der Waals surface area contributed by atoms with Crippen molar-refractivity contribution in [1.29, 1.82) is 0 Å². The number of rotatable bonds is 7. The minimum atomic E-state index is -0.250. The Morgan fingerprint density at radius 1 is 1.00 bits per heavy atom. The van der Waals surface area contributed by atoms with Crippen molar-refractivity contribution < 1.29 is 9.53 Å². The van der Waals surface area contributed by atoms with Crippen LogP contribution in [0.3, 0.4) is 0 Å². The van der Waals surface area contributed by atoms with E-state index in [1.54, 1.807) is 0 Å². The topological polar surface area (TPSA) is 113 Å². The lowest BCUT2D eigenvalue weighted by molar-refractivity contribution is -0.117. The van der Waals surface area contributed by atoms with E-state index >= 15 is 0 Å². The summed E-state index contributed by atoms with van der Waals surface area (Å²) in [7, 11) is 0. The molecule has 0 radical (unpaired) electrons. The lowest BCUT2D eigenvalue weighted by Gasteiger charge is -2.09. The van der Waals surface area contributed by atoms with Gasteiger partial charge in [0.2, 0.25) is 11.7 Å². The maximum absolute atomic E-state index is 12.5. The molecule has 1 amide bonds. The molecule has 1 aliphatic heterocycles. The Kier molecular flexibility index (Phi) is 6.05. The molecule has 0 aliphatic carbocycles. The Morgan fingerprint density at radius 3 is 2.82 bits per heavy atom. The average molecular weight is 444 g/mol. The number of fused-ring (bicyclic) bond motifs is 1. The van der Waals surface area contributed by atoms with Gasteiger partial charge in [-0.15, -0.1) is 20.4 Å². The molecule has 0 spiro atoms. The smallest absolute Gasteiger partial charge is 0.248 e. The number of para-hydroxylation sites is 1. The van der Waals surface area contributed by atoms with E-state index in [2.05, 4.69) is 35.5 Å². The fourth-order valence-corrected chi connectivity index (χ4v) is 3.83. The Morgan fingerprint density at radius 2 is 1.91 bits per heavy atom. The molecule has 168 valence electrons. The number of nitrogens with zero attached hydrogens (tertiary/aromatic N) is 7. The van der Waals surface area contributed by atoms with Gasteiger partial charge in [-0.25, -0.2) is 0 Å². The standard InChI is InChI=1S/C23H24N8O2/c32-22(15-31-28-20(25-29-31)16-33-19-10-3-1-4-11-19)24-18-9-7-8-17(14-18)23-27-26-21-12-5-2-6-13-30(21)23/h1,3-4,7-11,14H,2,5-6,12-13,15-16H2,(H,24,32). The highest BCUT2D eigenvalue weighted by molar-refractivity contribution is 5.91. The first-order valence-corrected chi connectivity index (χ1v) is 11.0. The summed E-state index contributed by atoms with van der Waals surface area (Å²) < 4.78 is 7.80. The minimum Gasteiger partial charge on any atom is -0.485 e. The average Bonchev–Trinajstić information content (AvgIpc) is 3.38.